The molecule has 140 valence electrons. The van der Waals surface area contributed by atoms with Gasteiger partial charge in [0.25, 0.3) is 5.91 Å². The van der Waals surface area contributed by atoms with E-state index in [1.54, 1.807) is 0 Å². The molecule has 4 saturated carbocycles. The summed E-state index contributed by atoms with van der Waals surface area (Å²) in [6, 6.07) is 10.1. The highest BCUT2D eigenvalue weighted by molar-refractivity contribution is 5.83. The van der Waals surface area contributed by atoms with Gasteiger partial charge in [-0.05, 0) is 67.8 Å². The fourth-order valence-corrected chi connectivity index (χ4v) is 5.86. The molecule has 4 fully saturated rings. The van der Waals surface area contributed by atoms with Gasteiger partial charge in [-0.1, -0.05) is 37.3 Å². The van der Waals surface area contributed by atoms with E-state index in [2.05, 4.69) is 24.4 Å². The van der Waals surface area contributed by atoms with Crippen LogP contribution in [0.5, 0.6) is 0 Å². The summed E-state index contributed by atoms with van der Waals surface area (Å²) in [4.78, 5) is 24.9. The van der Waals surface area contributed by atoms with Crippen LogP contribution >= 0.6 is 0 Å². The van der Waals surface area contributed by atoms with Crippen molar-refractivity contribution in [2.45, 2.75) is 51.4 Å². The molecule has 0 aliphatic heterocycles. The average molecular weight is 355 g/mol. The Kier molecular flexibility index (Phi) is 4.76. The third kappa shape index (κ3) is 3.51. The van der Waals surface area contributed by atoms with Crippen LogP contribution in [0.3, 0.4) is 0 Å². The SMILES string of the molecule is C[C@H](CNC(=O)COC(=O)C12CC3CC(CC(C3)C1)C2)c1ccccc1. The number of hydrogen-bond donors (Lipinski definition) is 1. The normalized spacial score (nSPS) is 32.9. The minimum absolute atomic E-state index is 0.122. The van der Waals surface area contributed by atoms with E-state index in [4.69, 9.17) is 4.74 Å². The van der Waals surface area contributed by atoms with Gasteiger partial charge >= 0.3 is 5.97 Å². The first-order valence-corrected chi connectivity index (χ1v) is 10.0. The number of benzene rings is 1. The summed E-state index contributed by atoms with van der Waals surface area (Å²) in [6.07, 6.45) is 6.82. The summed E-state index contributed by atoms with van der Waals surface area (Å²) in [7, 11) is 0. The summed E-state index contributed by atoms with van der Waals surface area (Å²) >= 11 is 0. The molecule has 4 aliphatic carbocycles. The Morgan fingerprint density at radius 1 is 1.08 bits per heavy atom. The molecule has 0 radical (unpaired) electrons. The van der Waals surface area contributed by atoms with Crippen molar-refractivity contribution in [2.24, 2.45) is 23.2 Å². The maximum Gasteiger partial charge on any atom is 0.312 e. The maximum absolute atomic E-state index is 12.8. The van der Waals surface area contributed by atoms with Crippen LogP contribution in [0.25, 0.3) is 0 Å². The lowest BCUT2D eigenvalue weighted by atomic mass is 9.49. The number of esters is 1. The Hall–Kier alpha value is -1.84. The van der Waals surface area contributed by atoms with Crippen molar-refractivity contribution in [3.05, 3.63) is 35.9 Å². The predicted molar refractivity (Wildman–Crippen MR) is 99.4 cm³/mol. The van der Waals surface area contributed by atoms with Gasteiger partial charge < -0.3 is 10.1 Å². The van der Waals surface area contributed by atoms with Crippen LogP contribution in [0.4, 0.5) is 0 Å². The molecule has 1 atom stereocenters. The second-order valence-electron chi connectivity index (χ2n) is 8.89. The van der Waals surface area contributed by atoms with Crippen LogP contribution in [0.1, 0.15) is 56.9 Å². The molecule has 1 amide bonds. The monoisotopic (exact) mass is 355 g/mol. The second kappa shape index (κ2) is 7.05. The summed E-state index contributed by atoms with van der Waals surface area (Å²) < 4.78 is 5.48. The van der Waals surface area contributed by atoms with Crippen molar-refractivity contribution >= 4 is 11.9 Å². The number of rotatable bonds is 6. The molecule has 5 rings (SSSR count). The van der Waals surface area contributed by atoms with Crippen LogP contribution in [-0.4, -0.2) is 25.0 Å². The topological polar surface area (TPSA) is 55.4 Å². The van der Waals surface area contributed by atoms with Gasteiger partial charge in [0.15, 0.2) is 6.61 Å². The first kappa shape index (κ1) is 17.6. The molecule has 4 heteroatoms. The van der Waals surface area contributed by atoms with Crippen molar-refractivity contribution in [1.82, 2.24) is 5.32 Å². The van der Waals surface area contributed by atoms with E-state index < -0.39 is 0 Å². The number of carbonyl (C=O) groups is 2. The summed E-state index contributed by atoms with van der Waals surface area (Å²) in [5.41, 5.74) is 0.908. The highest BCUT2D eigenvalue weighted by Gasteiger charge is 2.55. The molecule has 0 spiro atoms. The zero-order chi connectivity index (χ0) is 18.1. The van der Waals surface area contributed by atoms with Crippen molar-refractivity contribution in [3.8, 4) is 0 Å². The minimum atomic E-state index is -0.285. The van der Waals surface area contributed by atoms with Gasteiger partial charge in [0.2, 0.25) is 0 Å². The standard InChI is InChI=1S/C22H29NO3/c1-15(19-5-3-2-4-6-19)13-23-20(24)14-26-21(25)22-10-16-7-17(11-22)9-18(8-16)12-22/h2-6,15-18H,7-14H2,1H3,(H,23,24)/t15-,16?,17?,18?,22?/m1/s1. The molecule has 1 aromatic carbocycles. The van der Waals surface area contributed by atoms with E-state index in [-0.39, 0.29) is 29.8 Å². The molecule has 0 saturated heterocycles. The smallest absolute Gasteiger partial charge is 0.312 e. The second-order valence-corrected chi connectivity index (χ2v) is 8.89. The lowest BCUT2D eigenvalue weighted by Gasteiger charge is -2.55. The zero-order valence-corrected chi connectivity index (χ0v) is 15.6. The Bertz CT molecular complexity index is 634. The summed E-state index contributed by atoms with van der Waals surface area (Å²) in [6.45, 7) is 2.48. The van der Waals surface area contributed by atoms with Crippen LogP contribution in [0.2, 0.25) is 0 Å². The quantitative estimate of drug-likeness (QED) is 0.792. The molecule has 0 heterocycles. The first-order chi connectivity index (χ1) is 12.5. The van der Waals surface area contributed by atoms with Crippen LogP contribution in [-0.2, 0) is 14.3 Å². The van der Waals surface area contributed by atoms with Crippen LogP contribution in [0, 0.1) is 23.2 Å². The molecule has 4 bridgehead atoms. The Morgan fingerprint density at radius 3 is 2.23 bits per heavy atom. The highest BCUT2D eigenvalue weighted by atomic mass is 16.5. The Labute approximate surface area is 155 Å². The van der Waals surface area contributed by atoms with Gasteiger partial charge in [-0.25, -0.2) is 0 Å². The molecule has 0 unspecified atom stereocenters. The van der Waals surface area contributed by atoms with Crippen molar-refractivity contribution in [3.63, 3.8) is 0 Å². The lowest BCUT2D eigenvalue weighted by molar-refractivity contribution is -0.173. The van der Waals surface area contributed by atoms with Gasteiger partial charge in [-0.15, -0.1) is 0 Å². The number of nitrogens with one attached hydrogen (secondary N) is 1. The zero-order valence-electron chi connectivity index (χ0n) is 15.6. The Balaban J connectivity index is 1.25. The minimum Gasteiger partial charge on any atom is -0.455 e. The van der Waals surface area contributed by atoms with E-state index >= 15 is 0 Å². The molecule has 0 aromatic heterocycles. The van der Waals surface area contributed by atoms with Crippen molar-refractivity contribution in [1.29, 1.82) is 0 Å². The fourth-order valence-electron chi connectivity index (χ4n) is 5.86. The van der Waals surface area contributed by atoms with Gasteiger partial charge in [0.1, 0.15) is 0 Å². The highest BCUT2D eigenvalue weighted by Crippen LogP contribution is 2.60. The largest absolute Gasteiger partial charge is 0.455 e. The van der Waals surface area contributed by atoms with Crippen molar-refractivity contribution in [2.75, 3.05) is 13.2 Å². The summed E-state index contributed by atoms with van der Waals surface area (Å²) in [5.74, 6) is 2.02. The third-order valence-electron chi connectivity index (χ3n) is 6.78. The molecule has 26 heavy (non-hydrogen) atoms. The van der Waals surface area contributed by atoms with Gasteiger partial charge in [-0.3, -0.25) is 9.59 Å². The van der Waals surface area contributed by atoms with Crippen molar-refractivity contribution < 1.29 is 14.3 Å². The number of hydrogen-bond acceptors (Lipinski definition) is 3. The molecular weight excluding hydrogens is 326 g/mol. The number of carbonyl (C=O) groups excluding carboxylic acids is 2. The Morgan fingerprint density at radius 2 is 1.65 bits per heavy atom. The maximum atomic E-state index is 12.8. The molecule has 4 nitrogen and oxygen atoms in total. The summed E-state index contributed by atoms with van der Waals surface area (Å²) in [5, 5.41) is 2.89. The lowest BCUT2D eigenvalue weighted by Crippen LogP contribution is -2.51. The first-order valence-electron chi connectivity index (χ1n) is 10.0. The van der Waals surface area contributed by atoms with Crippen LogP contribution < -0.4 is 5.32 Å². The van der Waals surface area contributed by atoms with E-state index in [9.17, 15) is 9.59 Å². The van der Waals surface area contributed by atoms with Gasteiger partial charge in [0.05, 0.1) is 5.41 Å². The molecule has 1 aromatic rings. The van der Waals surface area contributed by atoms with Gasteiger partial charge in [0, 0.05) is 6.54 Å². The fraction of sp³-hybridized carbons (Fsp3) is 0.636. The van der Waals surface area contributed by atoms with E-state index in [0.29, 0.717) is 24.3 Å². The molecule has 4 aliphatic rings. The number of amides is 1. The van der Waals surface area contributed by atoms with E-state index in [1.807, 2.05) is 18.2 Å². The average Bonchev–Trinajstić information content (AvgIpc) is 2.63. The molecule has 1 N–H and O–H groups in total. The van der Waals surface area contributed by atoms with E-state index in [0.717, 1.165) is 19.3 Å². The van der Waals surface area contributed by atoms with Crippen LogP contribution in [0.15, 0.2) is 30.3 Å². The van der Waals surface area contributed by atoms with E-state index in [1.165, 1.54) is 24.8 Å². The number of ether oxygens (including phenoxy) is 1. The van der Waals surface area contributed by atoms with Gasteiger partial charge in [-0.2, -0.15) is 0 Å². The third-order valence-corrected chi connectivity index (χ3v) is 6.78. The molecular formula is C22H29NO3. The predicted octanol–water partition coefficient (Wildman–Crippen LogP) is 3.67.